The lowest BCUT2D eigenvalue weighted by molar-refractivity contribution is -0.140. The number of amides is 1. The van der Waals surface area contributed by atoms with Gasteiger partial charge in [-0.2, -0.15) is 0 Å². The lowest BCUT2D eigenvalue weighted by atomic mass is 9.90. The van der Waals surface area contributed by atoms with E-state index in [1.54, 1.807) is 53.6 Å². The highest BCUT2D eigenvalue weighted by Gasteiger charge is 2.35. The van der Waals surface area contributed by atoms with E-state index < -0.39 is 17.3 Å². The Hall–Kier alpha value is -5.26. The summed E-state index contributed by atoms with van der Waals surface area (Å²) in [7, 11) is 6.25. The lowest BCUT2D eigenvalue weighted by Crippen LogP contribution is -2.38. The van der Waals surface area contributed by atoms with Crippen molar-refractivity contribution in [2.24, 2.45) is 4.99 Å². The van der Waals surface area contributed by atoms with E-state index in [1.807, 2.05) is 29.2 Å². The maximum absolute atomic E-state index is 15.4. The topological polar surface area (TPSA) is 117 Å². The van der Waals surface area contributed by atoms with Crippen LogP contribution < -0.4 is 24.3 Å². The molecule has 1 atom stereocenters. The number of halogens is 1. The number of benzene rings is 3. The van der Waals surface area contributed by atoms with Crippen LogP contribution in [0.15, 0.2) is 71.4 Å². The fourth-order valence-electron chi connectivity index (χ4n) is 4.87. The molecule has 1 aliphatic heterocycles. The molecule has 0 saturated heterocycles. The molecule has 0 radical (unpaired) electrons. The third-order valence-electron chi connectivity index (χ3n) is 7.13. The second-order valence-corrected chi connectivity index (χ2v) is 10.2. The monoisotopic (exact) mass is 621 g/mol. The molecule has 238 valence electrons. The summed E-state index contributed by atoms with van der Waals surface area (Å²) in [5.74, 6) is 1.52. The molecule has 45 heavy (non-hydrogen) atoms. The summed E-state index contributed by atoms with van der Waals surface area (Å²) < 4.78 is 49.0. The van der Waals surface area contributed by atoms with Crippen LogP contribution >= 0.6 is 0 Å². The molecule has 1 heterocycles. The Morgan fingerprint density at radius 3 is 2.04 bits per heavy atom. The quantitative estimate of drug-likeness (QED) is 0.204. The van der Waals surface area contributed by atoms with E-state index in [2.05, 4.69) is 5.32 Å². The van der Waals surface area contributed by atoms with Gasteiger partial charge < -0.3 is 38.6 Å². The first-order valence-corrected chi connectivity index (χ1v) is 13.9. The van der Waals surface area contributed by atoms with E-state index in [0.29, 0.717) is 35.1 Å². The molecule has 4 rings (SSSR count). The van der Waals surface area contributed by atoms with Crippen molar-refractivity contribution < 1.29 is 42.4 Å². The van der Waals surface area contributed by atoms with Crippen LogP contribution in [-0.2, 0) is 37.7 Å². The molecular formula is C33H36FN3O8. The molecule has 3 aromatic carbocycles. The SMILES string of the molecule is COc1ccc(CN(Cc2ccc(OC)cc2OC)C2=N[C@](C)(c3cc(NC=O)ccc3F)C=C(COC(C)=O)O2)c(OC)c1. The Bertz CT molecular complexity index is 1550. The molecule has 12 heteroatoms. The molecule has 3 aromatic rings. The van der Waals surface area contributed by atoms with Crippen LogP contribution in [0, 0.1) is 5.82 Å². The van der Waals surface area contributed by atoms with E-state index in [1.165, 1.54) is 25.1 Å². The van der Waals surface area contributed by atoms with Crippen LogP contribution in [0.25, 0.3) is 0 Å². The number of hydrogen-bond donors (Lipinski definition) is 1. The zero-order chi connectivity index (χ0) is 32.6. The van der Waals surface area contributed by atoms with Gasteiger partial charge in [0.05, 0.1) is 41.5 Å². The predicted octanol–water partition coefficient (Wildman–Crippen LogP) is 5.18. The molecule has 1 amide bonds. The second-order valence-electron chi connectivity index (χ2n) is 10.2. The molecular weight excluding hydrogens is 585 g/mol. The first-order valence-electron chi connectivity index (χ1n) is 13.9. The third-order valence-corrected chi connectivity index (χ3v) is 7.13. The average molecular weight is 622 g/mol. The minimum Gasteiger partial charge on any atom is -0.497 e. The number of nitrogens with zero attached hydrogens (tertiary/aromatic N) is 2. The Morgan fingerprint density at radius 2 is 1.53 bits per heavy atom. The van der Waals surface area contributed by atoms with Crippen LogP contribution in [0.4, 0.5) is 10.1 Å². The summed E-state index contributed by atoms with van der Waals surface area (Å²) in [6.07, 6.45) is 2.09. The number of carbonyl (C=O) groups is 2. The summed E-state index contributed by atoms with van der Waals surface area (Å²) in [6, 6.07) is 15.2. The normalized spacial score (nSPS) is 15.5. The molecule has 0 spiro atoms. The molecule has 1 aliphatic rings. The van der Waals surface area contributed by atoms with Crippen molar-refractivity contribution in [3.05, 3.63) is 88.9 Å². The van der Waals surface area contributed by atoms with E-state index in [-0.39, 0.29) is 37.0 Å². The summed E-state index contributed by atoms with van der Waals surface area (Å²) in [4.78, 5) is 29.6. The van der Waals surface area contributed by atoms with Gasteiger partial charge in [-0.05, 0) is 55.5 Å². The van der Waals surface area contributed by atoms with Gasteiger partial charge in [-0.1, -0.05) is 0 Å². The number of aliphatic imine (C=N–C) groups is 1. The number of ether oxygens (including phenoxy) is 6. The Kier molecular flexibility index (Phi) is 10.5. The summed E-state index contributed by atoms with van der Waals surface area (Å²) in [5.41, 5.74) is 0.763. The number of carbonyl (C=O) groups excluding carboxylic acids is 2. The van der Waals surface area contributed by atoms with Crippen LogP contribution in [0.3, 0.4) is 0 Å². The van der Waals surface area contributed by atoms with Crippen LogP contribution in [-0.4, -0.2) is 58.3 Å². The molecule has 0 aromatic heterocycles. The number of methoxy groups -OCH3 is 4. The van der Waals surface area contributed by atoms with Crippen molar-refractivity contribution in [1.29, 1.82) is 0 Å². The van der Waals surface area contributed by atoms with Gasteiger partial charge in [-0.3, -0.25) is 9.59 Å². The number of amidine groups is 1. The Labute approximate surface area is 261 Å². The highest BCUT2D eigenvalue weighted by molar-refractivity contribution is 5.78. The van der Waals surface area contributed by atoms with Gasteiger partial charge in [-0.25, -0.2) is 9.38 Å². The average Bonchev–Trinajstić information content (AvgIpc) is 3.04. The maximum Gasteiger partial charge on any atom is 0.303 e. The summed E-state index contributed by atoms with van der Waals surface area (Å²) >= 11 is 0. The summed E-state index contributed by atoms with van der Waals surface area (Å²) in [6.45, 7) is 3.22. The van der Waals surface area contributed by atoms with Crippen molar-refractivity contribution in [1.82, 2.24) is 4.90 Å². The van der Waals surface area contributed by atoms with Gasteiger partial charge in [-0.15, -0.1) is 0 Å². The molecule has 0 bridgehead atoms. The van der Waals surface area contributed by atoms with Crippen molar-refractivity contribution in [2.75, 3.05) is 40.4 Å². The molecule has 0 unspecified atom stereocenters. The maximum atomic E-state index is 15.4. The van der Waals surface area contributed by atoms with Gasteiger partial charge in [0.25, 0.3) is 6.02 Å². The molecule has 0 aliphatic carbocycles. The van der Waals surface area contributed by atoms with Gasteiger partial charge in [0.1, 0.15) is 46.7 Å². The van der Waals surface area contributed by atoms with Crippen molar-refractivity contribution >= 4 is 24.1 Å². The zero-order valence-electron chi connectivity index (χ0n) is 26.0. The number of esters is 1. The first kappa shape index (κ1) is 32.6. The Balaban J connectivity index is 1.87. The fraction of sp³-hybridized carbons (Fsp3) is 0.303. The van der Waals surface area contributed by atoms with Crippen LogP contribution in [0.5, 0.6) is 23.0 Å². The zero-order valence-corrected chi connectivity index (χ0v) is 26.0. The first-order chi connectivity index (χ1) is 21.6. The van der Waals surface area contributed by atoms with E-state index in [0.717, 1.165) is 11.1 Å². The van der Waals surface area contributed by atoms with Gasteiger partial charge in [0, 0.05) is 41.4 Å². The largest absolute Gasteiger partial charge is 0.497 e. The Morgan fingerprint density at radius 1 is 0.933 bits per heavy atom. The lowest BCUT2D eigenvalue weighted by Gasteiger charge is -2.34. The van der Waals surface area contributed by atoms with Crippen molar-refractivity contribution in [3.8, 4) is 23.0 Å². The number of anilines is 1. The molecule has 0 fully saturated rings. The predicted molar refractivity (Wildman–Crippen MR) is 165 cm³/mol. The standard InChI is InChI=1S/C33H36FN3O8/c1-21(39)44-19-27-16-33(2,28-13-24(35-20-38)9-12-29(28)34)36-32(45-27)37(17-22-7-10-25(40-3)14-30(22)42-5)18-23-8-11-26(41-4)15-31(23)43-6/h7-16,20H,17-19H2,1-6H3,(H,35,38)/t33-/m0/s1. The van der Waals surface area contributed by atoms with Crippen molar-refractivity contribution in [2.45, 2.75) is 32.5 Å². The van der Waals surface area contributed by atoms with Crippen LogP contribution in [0.2, 0.25) is 0 Å². The number of rotatable bonds is 13. The number of hydrogen-bond acceptors (Lipinski definition) is 10. The number of nitrogens with one attached hydrogen (secondary N) is 1. The summed E-state index contributed by atoms with van der Waals surface area (Å²) in [5, 5.41) is 2.55. The minimum atomic E-state index is -1.33. The van der Waals surface area contributed by atoms with E-state index in [9.17, 15) is 9.59 Å². The van der Waals surface area contributed by atoms with Crippen molar-refractivity contribution in [3.63, 3.8) is 0 Å². The highest BCUT2D eigenvalue weighted by Crippen LogP contribution is 2.37. The van der Waals surface area contributed by atoms with Crippen LogP contribution in [0.1, 0.15) is 30.5 Å². The second kappa shape index (κ2) is 14.5. The van der Waals surface area contributed by atoms with Gasteiger partial charge in [0.2, 0.25) is 6.41 Å². The minimum absolute atomic E-state index is 0.117. The molecule has 11 nitrogen and oxygen atoms in total. The highest BCUT2D eigenvalue weighted by atomic mass is 19.1. The molecule has 0 saturated carbocycles. The molecule has 1 N–H and O–H groups in total. The van der Waals surface area contributed by atoms with E-state index >= 15 is 4.39 Å². The smallest absolute Gasteiger partial charge is 0.303 e. The van der Waals surface area contributed by atoms with Gasteiger partial charge >= 0.3 is 5.97 Å². The third kappa shape index (κ3) is 7.83. The fourth-order valence-corrected chi connectivity index (χ4v) is 4.87. The van der Waals surface area contributed by atoms with E-state index in [4.69, 9.17) is 33.4 Å². The van der Waals surface area contributed by atoms with Gasteiger partial charge in [0.15, 0.2) is 0 Å².